The van der Waals surface area contributed by atoms with Gasteiger partial charge < -0.3 is 14.2 Å². The molecule has 0 radical (unpaired) electrons. The lowest BCUT2D eigenvalue weighted by Gasteiger charge is -2.45. The van der Waals surface area contributed by atoms with E-state index in [0.717, 1.165) is 37.2 Å². The molecule has 0 spiro atoms. The van der Waals surface area contributed by atoms with Crippen LogP contribution in [-0.4, -0.2) is 56.7 Å². The molecule has 2 aromatic rings. The van der Waals surface area contributed by atoms with Crippen molar-refractivity contribution in [2.75, 3.05) is 39.5 Å². The predicted octanol–water partition coefficient (Wildman–Crippen LogP) is 5.51. The number of nitrogens with zero attached hydrogens (tertiary/aromatic N) is 1. The number of morpholine rings is 1. The molecule has 2 fully saturated rings. The zero-order chi connectivity index (χ0) is 25.1. The first kappa shape index (κ1) is 25.9. The van der Waals surface area contributed by atoms with E-state index in [1.807, 2.05) is 30.3 Å². The quantitative estimate of drug-likeness (QED) is 0.487. The van der Waals surface area contributed by atoms with Gasteiger partial charge in [-0.1, -0.05) is 30.3 Å². The van der Waals surface area contributed by atoms with Crippen LogP contribution in [0, 0.1) is 0 Å². The van der Waals surface area contributed by atoms with E-state index in [0.29, 0.717) is 19.8 Å². The largest absolute Gasteiger partial charge is 0.416 e. The summed E-state index contributed by atoms with van der Waals surface area (Å²) in [5.41, 5.74) is -1.74. The predicted molar refractivity (Wildman–Crippen MR) is 116 cm³/mol. The molecule has 2 aliphatic heterocycles. The van der Waals surface area contributed by atoms with Gasteiger partial charge in [-0.15, -0.1) is 0 Å². The molecular formula is C25H27F6NO3. The van der Waals surface area contributed by atoms with Crippen LogP contribution in [0.3, 0.4) is 0 Å². The van der Waals surface area contributed by atoms with Gasteiger partial charge in [0.15, 0.2) is 6.29 Å². The number of hydrogen-bond donors (Lipinski definition) is 0. The van der Waals surface area contributed by atoms with Crippen LogP contribution < -0.4 is 0 Å². The average Bonchev–Trinajstić information content (AvgIpc) is 2.84. The summed E-state index contributed by atoms with van der Waals surface area (Å²) in [6.07, 6.45) is -9.77. The highest BCUT2D eigenvalue weighted by Crippen LogP contribution is 2.38. The highest BCUT2D eigenvalue weighted by molar-refractivity contribution is 5.33. The molecule has 0 amide bonds. The summed E-state index contributed by atoms with van der Waals surface area (Å²) in [7, 11) is 0. The van der Waals surface area contributed by atoms with Gasteiger partial charge in [-0.05, 0) is 42.2 Å². The Morgan fingerprint density at radius 2 is 1.49 bits per heavy atom. The van der Waals surface area contributed by atoms with Crippen molar-refractivity contribution >= 4 is 0 Å². The van der Waals surface area contributed by atoms with Gasteiger partial charge in [-0.2, -0.15) is 26.3 Å². The molecular weight excluding hydrogens is 476 g/mol. The Balaban J connectivity index is 1.51. The number of rotatable bonds is 6. The van der Waals surface area contributed by atoms with Gasteiger partial charge in [0.1, 0.15) is 0 Å². The average molecular weight is 503 g/mol. The third kappa shape index (κ3) is 6.55. The molecule has 2 heterocycles. The van der Waals surface area contributed by atoms with Crippen molar-refractivity contribution in [3.05, 3.63) is 70.8 Å². The number of ether oxygens (including phenoxy) is 3. The van der Waals surface area contributed by atoms with Gasteiger partial charge >= 0.3 is 12.4 Å². The number of halogens is 6. The first-order valence-corrected chi connectivity index (χ1v) is 11.5. The van der Waals surface area contributed by atoms with E-state index >= 15 is 0 Å². The third-order valence-electron chi connectivity index (χ3n) is 6.42. The first-order valence-electron chi connectivity index (χ1n) is 11.5. The van der Waals surface area contributed by atoms with E-state index in [-0.39, 0.29) is 36.6 Å². The van der Waals surface area contributed by atoms with E-state index in [9.17, 15) is 26.3 Å². The molecule has 2 aromatic carbocycles. The fourth-order valence-electron chi connectivity index (χ4n) is 4.75. The summed E-state index contributed by atoms with van der Waals surface area (Å²) in [6, 6.07) is 11.4. The Hall–Kier alpha value is -2.14. The number of alkyl halides is 6. The second kappa shape index (κ2) is 10.9. The molecule has 0 saturated carbocycles. The minimum absolute atomic E-state index is 0.0809. The molecule has 0 N–H and O–H groups in total. The monoisotopic (exact) mass is 503 g/mol. The fraction of sp³-hybridized carbons (Fsp3) is 0.520. The summed E-state index contributed by atoms with van der Waals surface area (Å²) in [5, 5.41) is 0. The van der Waals surface area contributed by atoms with Crippen molar-refractivity contribution in [1.82, 2.24) is 4.90 Å². The van der Waals surface area contributed by atoms with Gasteiger partial charge in [-0.25, -0.2) is 0 Å². The first-order chi connectivity index (χ1) is 16.6. The van der Waals surface area contributed by atoms with E-state index < -0.39 is 29.8 Å². The van der Waals surface area contributed by atoms with Crippen LogP contribution in [0.5, 0.6) is 0 Å². The highest BCUT2D eigenvalue weighted by Gasteiger charge is 2.40. The maximum atomic E-state index is 13.2. The normalized spacial score (nSPS) is 24.5. The Kier molecular flexibility index (Phi) is 8.05. The Bertz CT molecular complexity index is 928. The third-order valence-corrected chi connectivity index (χ3v) is 6.42. The smallest absolute Gasteiger partial charge is 0.379 e. The van der Waals surface area contributed by atoms with Crippen LogP contribution in [0.1, 0.15) is 34.6 Å². The zero-order valence-corrected chi connectivity index (χ0v) is 18.9. The summed E-state index contributed by atoms with van der Waals surface area (Å²) in [4.78, 5) is 2.34. The molecule has 0 aromatic heterocycles. The highest BCUT2D eigenvalue weighted by atomic mass is 19.4. The van der Waals surface area contributed by atoms with E-state index in [2.05, 4.69) is 4.90 Å². The molecule has 3 atom stereocenters. The van der Waals surface area contributed by atoms with Crippen molar-refractivity contribution in [3.8, 4) is 0 Å². The molecule has 10 heteroatoms. The van der Waals surface area contributed by atoms with Gasteiger partial charge in [0.25, 0.3) is 0 Å². The van der Waals surface area contributed by atoms with Crippen LogP contribution in [0.15, 0.2) is 48.5 Å². The minimum atomic E-state index is -4.88. The van der Waals surface area contributed by atoms with Crippen molar-refractivity contribution in [2.45, 2.75) is 43.4 Å². The number of benzene rings is 2. The molecule has 0 unspecified atom stereocenters. The molecule has 4 nitrogen and oxygen atoms in total. The topological polar surface area (TPSA) is 30.9 Å². The van der Waals surface area contributed by atoms with Crippen molar-refractivity contribution in [1.29, 1.82) is 0 Å². The molecule has 0 aliphatic carbocycles. The zero-order valence-electron chi connectivity index (χ0n) is 18.9. The van der Waals surface area contributed by atoms with Crippen molar-refractivity contribution in [2.24, 2.45) is 0 Å². The van der Waals surface area contributed by atoms with Crippen molar-refractivity contribution in [3.63, 3.8) is 0 Å². The standard InChI is InChI=1S/C25H27F6NO3/c26-24(27,28)19-14-17(15-20(16-19)25(29,30)31)6-10-34-23-22(18-4-2-1-3-5-18)21(7-11-35-23)32-8-12-33-13-9-32/h1-5,14-16,21-23H,6-13H2/t21-,22-,23-/m1/s1. The maximum Gasteiger partial charge on any atom is 0.416 e. The minimum Gasteiger partial charge on any atom is -0.379 e. The fourth-order valence-corrected chi connectivity index (χ4v) is 4.75. The van der Waals surface area contributed by atoms with Crippen LogP contribution in [-0.2, 0) is 33.0 Å². The summed E-state index contributed by atoms with van der Waals surface area (Å²) in [6.45, 7) is 3.15. The van der Waals surface area contributed by atoms with Crippen LogP contribution in [0.25, 0.3) is 0 Å². The Labute approximate surface area is 199 Å². The van der Waals surface area contributed by atoms with E-state index in [1.54, 1.807) is 0 Å². The molecule has 192 valence electrons. The maximum absolute atomic E-state index is 13.2. The van der Waals surface area contributed by atoms with Gasteiger partial charge in [0.2, 0.25) is 0 Å². The summed E-state index contributed by atoms with van der Waals surface area (Å²) in [5.74, 6) is -0.157. The SMILES string of the molecule is FC(F)(F)c1cc(CCO[C@@H]2OCC[C@@H](N3CCOCC3)[C@H]2c2ccccc2)cc(C(F)(F)F)c1. The van der Waals surface area contributed by atoms with Gasteiger partial charge in [-0.3, -0.25) is 4.90 Å². The lowest BCUT2D eigenvalue weighted by Crippen LogP contribution is -2.52. The van der Waals surface area contributed by atoms with Crippen LogP contribution in [0.4, 0.5) is 26.3 Å². The molecule has 4 rings (SSSR count). The van der Waals surface area contributed by atoms with Crippen LogP contribution in [0.2, 0.25) is 0 Å². The second-order valence-corrected chi connectivity index (χ2v) is 8.71. The molecule has 2 saturated heterocycles. The lowest BCUT2D eigenvalue weighted by molar-refractivity contribution is -0.193. The molecule has 2 aliphatic rings. The summed E-state index contributed by atoms with van der Waals surface area (Å²) < 4.78 is 96.4. The molecule has 35 heavy (non-hydrogen) atoms. The summed E-state index contributed by atoms with van der Waals surface area (Å²) >= 11 is 0. The van der Waals surface area contributed by atoms with E-state index in [4.69, 9.17) is 14.2 Å². The second-order valence-electron chi connectivity index (χ2n) is 8.71. The Morgan fingerprint density at radius 3 is 2.09 bits per heavy atom. The van der Waals surface area contributed by atoms with Crippen LogP contribution >= 0.6 is 0 Å². The van der Waals surface area contributed by atoms with E-state index in [1.165, 1.54) is 0 Å². The molecule has 0 bridgehead atoms. The number of hydrogen-bond acceptors (Lipinski definition) is 4. The Morgan fingerprint density at radius 1 is 0.857 bits per heavy atom. The van der Waals surface area contributed by atoms with Crippen molar-refractivity contribution < 1.29 is 40.6 Å². The lowest BCUT2D eigenvalue weighted by atomic mass is 9.86. The van der Waals surface area contributed by atoms with Gasteiger partial charge in [0, 0.05) is 19.1 Å². The van der Waals surface area contributed by atoms with Gasteiger partial charge in [0.05, 0.1) is 43.5 Å².